The van der Waals surface area contributed by atoms with Gasteiger partial charge in [-0.2, -0.15) is 0 Å². The second-order valence-corrected chi connectivity index (χ2v) is 28.5. The quantitative estimate of drug-likeness (QED) is 0.699. The molecule has 1 nitrogen and oxygen atoms in total. The van der Waals surface area contributed by atoms with Crippen LogP contribution >= 0.6 is 0 Å². The molecule has 0 amide bonds. The number of rotatable bonds is 5. The Morgan fingerprint density at radius 1 is 1.07 bits per heavy atom. The van der Waals surface area contributed by atoms with Crippen molar-refractivity contribution in [3.63, 3.8) is 0 Å². The van der Waals surface area contributed by atoms with Crippen LogP contribution in [-0.2, 0) is 0 Å². The molecule has 0 radical (unpaired) electrons. The average molecular weight is 322 g/mol. The van der Waals surface area contributed by atoms with Crippen LogP contribution in [0.3, 0.4) is 0 Å². The third-order valence-corrected chi connectivity index (χ3v) is 13.6. The van der Waals surface area contributed by atoms with Crippen molar-refractivity contribution in [2.24, 2.45) is 0 Å². The van der Waals surface area contributed by atoms with Crippen molar-refractivity contribution in [1.29, 1.82) is 0 Å². The molecule has 0 rings (SSSR count). The Balaban J connectivity index is 4.42. The predicted octanol–water partition coefficient (Wildman–Crippen LogP) is 3.59. The monoisotopic (exact) mass is 323 g/mol. The van der Waals surface area contributed by atoms with Gasteiger partial charge in [-0.3, -0.25) is 0 Å². The van der Waals surface area contributed by atoms with E-state index in [0.717, 1.165) is 3.93 Å². The van der Waals surface area contributed by atoms with Gasteiger partial charge >= 0.3 is 96.4 Å². The first-order chi connectivity index (χ1) is 6.02. The van der Waals surface area contributed by atoms with Crippen LogP contribution < -0.4 is 0 Å². The van der Waals surface area contributed by atoms with E-state index in [-0.39, 0.29) is 0 Å². The van der Waals surface area contributed by atoms with Gasteiger partial charge in [0.05, 0.1) is 0 Å². The SMILES string of the molecule is CN(C)C[CH](C[Si](C)(C)C)[Sn]([CH3])([CH3])[CH3]. The van der Waals surface area contributed by atoms with Crippen LogP contribution in [0.2, 0.25) is 44.4 Å². The molecule has 0 bridgehead atoms. The van der Waals surface area contributed by atoms with Crippen molar-refractivity contribution in [1.82, 2.24) is 4.90 Å². The summed E-state index contributed by atoms with van der Waals surface area (Å²) in [5, 5.41) is 0. The third-order valence-electron chi connectivity index (χ3n) is 2.67. The normalized spacial score (nSPS) is 16.1. The maximum absolute atomic E-state index is 2.59. The van der Waals surface area contributed by atoms with Crippen LogP contribution in [0.25, 0.3) is 0 Å². The molecule has 0 fully saturated rings. The molecule has 0 aliphatic carbocycles. The van der Waals surface area contributed by atoms with Gasteiger partial charge < -0.3 is 0 Å². The van der Waals surface area contributed by atoms with Crippen molar-refractivity contribution in [2.45, 2.75) is 44.4 Å². The third kappa shape index (κ3) is 7.29. The Bertz CT molecular complexity index is 167. The summed E-state index contributed by atoms with van der Waals surface area (Å²) >= 11 is -1.69. The minimum absolute atomic E-state index is 0.871. The molecule has 0 aliphatic rings. The summed E-state index contributed by atoms with van der Waals surface area (Å²) in [4.78, 5) is 10.1. The average Bonchev–Trinajstić information content (AvgIpc) is 1.78. The topological polar surface area (TPSA) is 3.24 Å². The number of nitrogens with zero attached hydrogens (tertiary/aromatic N) is 1. The fraction of sp³-hybridized carbons (Fsp3) is 1.00. The fourth-order valence-electron chi connectivity index (χ4n) is 1.82. The fourth-order valence-corrected chi connectivity index (χ4v) is 17.1. The van der Waals surface area contributed by atoms with Gasteiger partial charge in [0.25, 0.3) is 0 Å². The van der Waals surface area contributed by atoms with Crippen molar-refractivity contribution in [2.75, 3.05) is 20.6 Å². The zero-order chi connectivity index (χ0) is 11.6. The molecule has 0 aromatic rings. The van der Waals surface area contributed by atoms with Gasteiger partial charge in [-0.05, 0) is 0 Å². The van der Waals surface area contributed by atoms with Crippen LogP contribution in [0.1, 0.15) is 0 Å². The molecule has 0 saturated heterocycles. The molecule has 14 heavy (non-hydrogen) atoms. The van der Waals surface area contributed by atoms with Crippen LogP contribution in [-0.4, -0.2) is 52.0 Å². The molecule has 1 unspecified atom stereocenters. The van der Waals surface area contributed by atoms with Gasteiger partial charge in [0.15, 0.2) is 0 Å². The summed E-state index contributed by atoms with van der Waals surface area (Å²) in [6.07, 6.45) is 0. The van der Waals surface area contributed by atoms with Gasteiger partial charge in [0.2, 0.25) is 0 Å². The first-order valence-electron chi connectivity index (χ1n) is 5.67. The van der Waals surface area contributed by atoms with Crippen molar-refractivity contribution >= 4 is 26.5 Å². The summed E-state index contributed by atoms with van der Waals surface area (Å²) in [7, 11) is 3.56. The second kappa shape index (κ2) is 5.35. The van der Waals surface area contributed by atoms with Crippen LogP contribution in [0.15, 0.2) is 0 Å². The van der Waals surface area contributed by atoms with Crippen molar-refractivity contribution in [3.8, 4) is 0 Å². The molecular weight excluding hydrogens is 293 g/mol. The Morgan fingerprint density at radius 3 is 1.71 bits per heavy atom. The van der Waals surface area contributed by atoms with Gasteiger partial charge in [-0.15, -0.1) is 0 Å². The molecular formula is C11H29NSiSn. The maximum atomic E-state index is 2.59. The zero-order valence-corrected chi connectivity index (χ0v) is 15.3. The van der Waals surface area contributed by atoms with E-state index in [4.69, 9.17) is 0 Å². The summed E-state index contributed by atoms with van der Waals surface area (Å²) in [5.41, 5.74) is 0. The molecule has 0 aliphatic heterocycles. The first-order valence-corrected chi connectivity index (χ1v) is 19.6. The van der Waals surface area contributed by atoms with E-state index in [1.807, 2.05) is 0 Å². The summed E-state index contributed by atoms with van der Waals surface area (Å²) in [5.74, 6) is 0. The van der Waals surface area contributed by atoms with Gasteiger partial charge in [0.1, 0.15) is 0 Å². The first kappa shape index (κ1) is 15.0. The van der Waals surface area contributed by atoms with E-state index in [2.05, 4.69) is 53.5 Å². The van der Waals surface area contributed by atoms with Crippen LogP contribution in [0, 0.1) is 0 Å². The molecule has 0 saturated carbocycles. The number of hydrogen-bond acceptors (Lipinski definition) is 1. The molecule has 0 aromatic heterocycles. The van der Waals surface area contributed by atoms with Crippen LogP contribution in [0.4, 0.5) is 0 Å². The van der Waals surface area contributed by atoms with E-state index in [1.54, 1.807) is 0 Å². The van der Waals surface area contributed by atoms with Crippen molar-refractivity contribution in [3.05, 3.63) is 0 Å². The van der Waals surface area contributed by atoms with E-state index >= 15 is 0 Å². The van der Waals surface area contributed by atoms with E-state index in [1.165, 1.54) is 12.6 Å². The predicted molar refractivity (Wildman–Crippen MR) is 73.8 cm³/mol. The van der Waals surface area contributed by atoms with E-state index in [0.29, 0.717) is 0 Å². The van der Waals surface area contributed by atoms with E-state index in [9.17, 15) is 0 Å². The van der Waals surface area contributed by atoms with E-state index < -0.39 is 26.5 Å². The summed E-state index contributed by atoms with van der Waals surface area (Å²) < 4.78 is 1.05. The molecule has 0 aromatic carbocycles. The van der Waals surface area contributed by atoms with Crippen LogP contribution in [0.5, 0.6) is 0 Å². The standard InChI is InChI=1S/C8H20NSi.3CH3.Sn/c1-9(2)7-6-8-10(3,4)5;;;;/h6H,7-8H2,1-5H3;3*1H3;. The Hall–Kier alpha value is 0.976. The van der Waals surface area contributed by atoms with Gasteiger partial charge in [-0.1, -0.05) is 0 Å². The molecule has 1 atom stereocenters. The Morgan fingerprint density at radius 2 is 1.50 bits per heavy atom. The zero-order valence-electron chi connectivity index (χ0n) is 11.4. The second-order valence-electron chi connectivity index (χ2n) is 7.09. The number of hydrogen-bond donors (Lipinski definition) is 0. The van der Waals surface area contributed by atoms with Gasteiger partial charge in [-0.25, -0.2) is 0 Å². The molecule has 3 heteroatoms. The summed E-state index contributed by atoms with van der Waals surface area (Å²) in [6, 6.07) is 1.53. The molecule has 86 valence electrons. The molecule has 0 heterocycles. The molecule has 0 N–H and O–H groups in total. The Kier molecular flexibility index (Phi) is 5.72. The van der Waals surface area contributed by atoms with Crippen molar-refractivity contribution < 1.29 is 0 Å². The summed E-state index contributed by atoms with van der Waals surface area (Å²) in [6.45, 7) is 8.84. The minimum atomic E-state index is -1.69. The molecule has 0 spiro atoms. The van der Waals surface area contributed by atoms with Gasteiger partial charge in [0, 0.05) is 0 Å². The Labute approximate surface area is 96.1 Å².